The van der Waals surface area contributed by atoms with Crippen molar-refractivity contribution in [3.8, 4) is 0 Å². The molecule has 0 unspecified atom stereocenters. The zero-order valence-electron chi connectivity index (χ0n) is 8.99. The molecule has 1 N–H and O–H groups in total. The Bertz CT molecular complexity index is 309. The molecule has 0 radical (unpaired) electrons. The van der Waals surface area contributed by atoms with Crippen LogP contribution in [0.1, 0.15) is 27.2 Å². The molecule has 6 nitrogen and oxygen atoms in total. The van der Waals surface area contributed by atoms with E-state index in [0.29, 0.717) is 6.42 Å². The first-order valence-electron chi connectivity index (χ1n) is 4.67. The summed E-state index contributed by atoms with van der Waals surface area (Å²) in [6.07, 6.45) is -0.0933. The van der Waals surface area contributed by atoms with Gasteiger partial charge in [0.2, 0.25) is 0 Å². The predicted molar refractivity (Wildman–Crippen MR) is 52.4 cm³/mol. The van der Waals surface area contributed by atoms with Crippen molar-refractivity contribution >= 4 is 17.7 Å². The molecular weight excluding hydrogens is 200 g/mol. The Morgan fingerprint density at radius 3 is 2.80 bits per heavy atom. The van der Waals surface area contributed by atoms with Gasteiger partial charge in [-0.2, -0.15) is 4.99 Å². The second-order valence-corrected chi connectivity index (χ2v) is 3.76. The molecule has 0 saturated carbocycles. The monoisotopic (exact) mass is 214 g/mol. The Balaban J connectivity index is 2.59. The first kappa shape index (κ1) is 11.6. The van der Waals surface area contributed by atoms with Crippen LogP contribution in [0.25, 0.3) is 0 Å². The number of amides is 2. The minimum atomic E-state index is -0.766. The molecule has 0 aromatic carbocycles. The highest BCUT2D eigenvalue weighted by atomic mass is 16.7. The Labute approximate surface area is 87.6 Å². The number of carbonyl (C=O) groups is 2. The molecule has 0 aromatic rings. The molecule has 0 bridgehead atoms. The van der Waals surface area contributed by atoms with Crippen LogP contribution in [-0.2, 0) is 14.4 Å². The lowest BCUT2D eigenvalue weighted by Crippen LogP contribution is -2.27. The Morgan fingerprint density at radius 1 is 1.67 bits per heavy atom. The summed E-state index contributed by atoms with van der Waals surface area (Å²) in [5.74, 6) is -0.499. The van der Waals surface area contributed by atoms with Gasteiger partial charge in [0.15, 0.2) is 0 Å². The van der Waals surface area contributed by atoms with Gasteiger partial charge >= 0.3 is 6.09 Å². The summed E-state index contributed by atoms with van der Waals surface area (Å²) in [4.78, 5) is 30.3. The molecule has 6 heteroatoms. The smallest absolute Gasteiger partial charge is 0.434 e. The fraction of sp³-hybridized carbons (Fsp3) is 0.667. The Hall–Kier alpha value is -1.43. The first-order valence-corrected chi connectivity index (χ1v) is 4.67. The predicted octanol–water partition coefficient (Wildman–Crippen LogP) is 0.814. The first-order chi connectivity index (χ1) is 6.94. The van der Waals surface area contributed by atoms with Crippen LogP contribution in [0.3, 0.4) is 0 Å². The lowest BCUT2D eigenvalue weighted by molar-refractivity contribution is -0.121. The second kappa shape index (κ2) is 4.39. The van der Waals surface area contributed by atoms with Gasteiger partial charge in [-0.3, -0.25) is 9.63 Å². The molecule has 1 rings (SSSR count). The number of hydrogen-bond acceptors (Lipinski definition) is 4. The van der Waals surface area contributed by atoms with E-state index in [1.807, 2.05) is 6.92 Å². The molecule has 2 amide bonds. The molecule has 0 aromatic heterocycles. The molecule has 0 aliphatic carbocycles. The van der Waals surface area contributed by atoms with E-state index in [1.165, 1.54) is 0 Å². The molecule has 1 heterocycles. The molecule has 1 fully saturated rings. The van der Waals surface area contributed by atoms with Gasteiger partial charge < -0.3 is 4.74 Å². The van der Waals surface area contributed by atoms with Crippen molar-refractivity contribution in [3.63, 3.8) is 0 Å². The van der Waals surface area contributed by atoms with Gasteiger partial charge in [-0.05, 0) is 20.3 Å². The molecule has 1 aliphatic heterocycles. The lowest BCUT2D eigenvalue weighted by Gasteiger charge is -2.21. The van der Waals surface area contributed by atoms with Gasteiger partial charge in [0.05, 0.1) is 0 Å². The number of hydroxylamine groups is 1. The van der Waals surface area contributed by atoms with E-state index in [1.54, 1.807) is 13.8 Å². The Morgan fingerprint density at radius 2 is 2.33 bits per heavy atom. The fourth-order valence-electron chi connectivity index (χ4n) is 0.819. The van der Waals surface area contributed by atoms with Gasteiger partial charge in [-0.1, -0.05) is 6.92 Å². The van der Waals surface area contributed by atoms with Crippen molar-refractivity contribution in [1.82, 2.24) is 5.48 Å². The molecule has 1 aliphatic rings. The van der Waals surface area contributed by atoms with Gasteiger partial charge in [-0.15, -0.1) is 0 Å². The van der Waals surface area contributed by atoms with Crippen LogP contribution in [0.5, 0.6) is 0 Å². The number of hydrogen-bond donors (Lipinski definition) is 1. The maximum Gasteiger partial charge on any atom is 0.434 e. The van der Waals surface area contributed by atoms with Crippen molar-refractivity contribution in [1.29, 1.82) is 0 Å². The number of nitrogens with zero attached hydrogens (tertiary/aromatic N) is 1. The van der Waals surface area contributed by atoms with Crippen molar-refractivity contribution in [2.45, 2.75) is 32.8 Å². The third kappa shape index (κ3) is 3.32. The molecule has 15 heavy (non-hydrogen) atoms. The minimum Gasteiger partial charge on any atom is -0.442 e. The summed E-state index contributed by atoms with van der Waals surface area (Å²) in [5.41, 5.74) is 1.54. The Kier molecular flexibility index (Phi) is 3.41. The van der Waals surface area contributed by atoms with E-state index >= 15 is 0 Å². The van der Waals surface area contributed by atoms with E-state index in [2.05, 4.69) is 15.3 Å². The van der Waals surface area contributed by atoms with Gasteiger partial charge in [0, 0.05) is 0 Å². The van der Waals surface area contributed by atoms with Crippen LogP contribution in [0, 0.1) is 0 Å². The summed E-state index contributed by atoms with van der Waals surface area (Å²) >= 11 is 0. The van der Waals surface area contributed by atoms with Crippen LogP contribution >= 0.6 is 0 Å². The molecule has 1 saturated heterocycles. The maximum absolute atomic E-state index is 11.3. The van der Waals surface area contributed by atoms with E-state index in [0.717, 1.165) is 0 Å². The quantitative estimate of drug-likeness (QED) is 0.738. The van der Waals surface area contributed by atoms with Crippen LogP contribution in [0.4, 0.5) is 4.79 Å². The van der Waals surface area contributed by atoms with E-state index < -0.39 is 17.6 Å². The van der Waals surface area contributed by atoms with E-state index in [4.69, 9.17) is 4.74 Å². The van der Waals surface area contributed by atoms with Crippen LogP contribution in [-0.4, -0.2) is 29.9 Å². The highest BCUT2D eigenvalue weighted by molar-refractivity contribution is 6.41. The van der Waals surface area contributed by atoms with Crippen LogP contribution in [0.2, 0.25) is 0 Å². The number of carbonyl (C=O) groups excluding carboxylic acids is 2. The van der Waals surface area contributed by atoms with Gasteiger partial charge in [-0.25, -0.2) is 10.3 Å². The van der Waals surface area contributed by atoms with E-state index in [-0.39, 0.29) is 12.3 Å². The fourth-order valence-corrected chi connectivity index (χ4v) is 0.819. The number of ether oxygens (including phenoxy) is 1. The molecule has 84 valence electrons. The highest BCUT2D eigenvalue weighted by Gasteiger charge is 2.24. The zero-order chi connectivity index (χ0) is 11.5. The van der Waals surface area contributed by atoms with Crippen molar-refractivity contribution < 1.29 is 19.2 Å². The van der Waals surface area contributed by atoms with Crippen molar-refractivity contribution in [3.05, 3.63) is 0 Å². The summed E-state index contributed by atoms with van der Waals surface area (Å²) < 4.78 is 5.04. The average Bonchev–Trinajstić information content (AvgIpc) is 2.51. The second-order valence-electron chi connectivity index (χ2n) is 3.76. The van der Waals surface area contributed by atoms with Crippen molar-refractivity contribution in [2.75, 3.05) is 6.61 Å². The molecule has 0 spiro atoms. The summed E-state index contributed by atoms with van der Waals surface area (Å²) in [7, 11) is 0. The number of nitrogens with one attached hydrogen (secondary N) is 1. The largest absolute Gasteiger partial charge is 0.442 e. The zero-order valence-corrected chi connectivity index (χ0v) is 8.99. The van der Waals surface area contributed by atoms with Crippen LogP contribution < -0.4 is 5.48 Å². The normalized spacial score (nSPS) is 19.1. The summed E-state index contributed by atoms with van der Waals surface area (Å²) in [6, 6.07) is 0. The molecular formula is C9H14N2O4. The third-order valence-corrected chi connectivity index (χ3v) is 2.08. The number of rotatable bonds is 2. The van der Waals surface area contributed by atoms with Crippen LogP contribution in [0.15, 0.2) is 4.99 Å². The molecule has 0 atom stereocenters. The lowest BCUT2D eigenvalue weighted by atomic mass is 10.1. The summed E-state index contributed by atoms with van der Waals surface area (Å²) in [6.45, 7) is 5.43. The van der Waals surface area contributed by atoms with Gasteiger partial charge in [0.25, 0.3) is 5.91 Å². The SMILES string of the molecule is CCC(C)(C)OC(=O)N=C1CONC1=O. The van der Waals surface area contributed by atoms with Gasteiger partial charge in [0.1, 0.15) is 17.9 Å². The minimum absolute atomic E-state index is 0.0134. The average molecular weight is 214 g/mol. The van der Waals surface area contributed by atoms with E-state index in [9.17, 15) is 9.59 Å². The third-order valence-electron chi connectivity index (χ3n) is 2.08. The topological polar surface area (TPSA) is 77.0 Å². The number of aliphatic imine (C=N–C) groups is 1. The summed E-state index contributed by atoms with van der Waals surface area (Å²) in [5, 5.41) is 0. The maximum atomic E-state index is 11.3. The van der Waals surface area contributed by atoms with Crippen molar-refractivity contribution in [2.24, 2.45) is 4.99 Å². The highest BCUT2D eigenvalue weighted by Crippen LogP contribution is 2.14. The standard InChI is InChI=1S/C9H14N2O4/c1-4-9(2,3)15-8(13)10-6-5-14-11-7(6)12/h4-5H2,1-3H3,(H,11,12).